The average molecular weight is 335 g/mol. The summed E-state index contributed by atoms with van der Waals surface area (Å²) in [4.78, 5) is 14.5. The van der Waals surface area contributed by atoms with Gasteiger partial charge < -0.3 is 19.1 Å². The van der Waals surface area contributed by atoms with Gasteiger partial charge in [-0.2, -0.15) is 0 Å². The molecule has 2 aliphatic rings. The molecule has 1 aliphatic carbocycles. The standard InChI is InChI=1S/C17H21NO4S/c1-20-14-9-12-8-11(17(19)18-6-7-23-10-18)4-5-13(12)15(21-2)16(14)22-3/h8-9H,4-7,10H2,1-3H3. The number of thioether (sulfide) groups is 1. The number of fused-ring (bicyclic) bond motifs is 1. The van der Waals surface area contributed by atoms with Gasteiger partial charge in [-0.1, -0.05) is 0 Å². The van der Waals surface area contributed by atoms with Crippen molar-refractivity contribution in [2.24, 2.45) is 0 Å². The van der Waals surface area contributed by atoms with Gasteiger partial charge in [0.1, 0.15) is 0 Å². The molecule has 0 N–H and O–H groups in total. The fourth-order valence-corrected chi connectivity index (χ4v) is 4.03. The van der Waals surface area contributed by atoms with Crippen LogP contribution in [0.2, 0.25) is 0 Å². The van der Waals surface area contributed by atoms with Gasteiger partial charge in [0.15, 0.2) is 11.5 Å². The summed E-state index contributed by atoms with van der Waals surface area (Å²) < 4.78 is 16.4. The van der Waals surface area contributed by atoms with Gasteiger partial charge in [0.2, 0.25) is 5.75 Å². The van der Waals surface area contributed by atoms with Gasteiger partial charge in [0.25, 0.3) is 5.91 Å². The molecule has 1 aromatic rings. The molecule has 1 heterocycles. The van der Waals surface area contributed by atoms with Crippen molar-refractivity contribution in [3.63, 3.8) is 0 Å². The first kappa shape index (κ1) is 16.1. The average Bonchev–Trinajstić information content (AvgIpc) is 3.13. The van der Waals surface area contributed by atoms with Crippen molar-refractivity contribution in [1.82, 2.24) is 4.90 Å². The number of hydrogen-bond acceptors (Lipinski definition) is 5. The third-order valence-corrected chi connectivity index (χ3v) is 5.22. The Balaban J connectivity index is 2.00. The lowest BCUT2D eigenvalue weighted by Gasteiger charge is -2.24. The molecular weight excluding hydrogens is 314 g/mol. The molecule has 0 bridgehead atoms. The number of carbonyl (C=O) groups is 1. The number of methoxy groups -OCH3 is 3. The summed E-state index contributed by atoms with van der Waals surface area (Å²) in [7, 11) is 4.83. The van der Waals surface area contributed by atoms with Crippen molar-refractivity contribution in [2.75, 3.05) is 39.5 Å². The van der Waals surface area contributed by atoms with Crippen LogP contribution in [0.25, 0.3) is 6.08 Å². The summed E-state index contributed by atoms with van der Waals surface area (Å²) in [5.41, 5.74) is 2.90. The van der Waals surface area contributed by atoms with Crippen LogP contribution in [0.4, 0.5) is 0 Å². The van der Waals surface area contributed by atoms with E-state index < -0.39 is 0 Å². The Hall–Kier alpha value is -1.82. The Morgan fingerprint density at radius 1 is 1.13 bits per heavy atom. The predicted octanol–water partition coefficient (Wildman–Crippen LogP) is 2.57. The van der Waals surface area contributed by atoms with Crippen LogP contribution in [0.5, 0.6) is 17.2 Å². The van der Waals surface area contributed by atoms with E-state index >= 15 is 0 Å². The zero-order valence-electron chi connectivity index (χ0n) is 13.7. The molecule has 0 unspecified atom stereocenters. The van der Waals surface area contributed by atoms with Gasteiger partial charge in [-0.15, -0.1) is 11.8 Å². The van der Waals surface area contributed by atoms with E-state index in [-0.39, 0.29) is 5.91 Å². The van der Waals surface area contributed by atoms with Crippen LogP contribution in [0.15, 0.2) is 11.6 Å². The maximum atomic E-state index is 12.6. The first-order valence-electron chi connectivity index (χ1n) is 7.59. The zero-order chi connectivity index (χ0) is 16.4. The number of nitrogens with zero attached hydrogens (tertiary/aromatic N) is 1. The van der Waals surface area contributed by atoms with Crippen LogP contribution >= 0.6 is 11.8 Å². The minimum atomic E-state index is 0.148. The summed E-state index contributed by atoms with van der Waals surface area (Å²) in [6.45, 7) is 0.836. The van der Waals surface area contributed by atoms with Gasteiger partial charge >= 0.3 is 0 Å². The van der Waals surface area contributed by atoms with Crippen molar-refractivity contribution in [2.45, 2.75) is 12.8 Å². The lowest BCUT2D eigenvalue weighted by Crippen LogP contribution is -2.30. The lowest BCUT2D eigenvalue weighted by atomic mass is 9.90. The topological polar surface area (TPSA) is 48.0 Å². The molecule has 1 saturated heterocycles. The monoisotopic (exact) mass is 335 g/mol. The highest BCUT2D eigenvalue weighted by Crippen LogP contribution is 2.45. The molecular formula is C17H21NO4S. The highest BCUT2D eigenvalue weighted by atomic mass is 32.2. The SMILES string of the molecule is COc1cc2c(c(OC)c1OC)CCC(C(=O)N1CCSC1)=C2. The molecule has 5 nitrogen and oxygen atoms in total. The van der Waals surface area contributed by atoms with Crippen molar-refractivity contribution in [1.29, 1.82) is 0 Å². The van der Waals surface area contributed by atoms with E-state index in [0.717, 1.165) is 47.7 Å². The summed E-state index contributed by atoms with van der Waals surface area (Å²) in [5.74, 6) is 3.88. The van der Waals surface area contributed by atoms with Gasteiger partial charge in [0, 0.05) is 23.4 Å². The van der Waals surface area contributed by atoms with Crippen LogP contribution in [-0.2, 0) is 11.2 Å². The van der Waals surface area contributed by atoms with Crippen LogP contribution in [0.1, 0.15) is 17.5 Å². The molecule has 1 fully saturated rings. The molecule has 1 aliphatic heterocycles. The van der Waals surface area contributed by atoms with E-state index in [4.69, 9.17) is 14.2 Å². The quantitative estimate of drug-likeness (QED) is 0.846. The molecule has 124 valence electrons. The number of benzene rings is 1. The van der Waals surface area contributed by atoms with E-state index in [1.54, 1.807) is 33.1 Å². The highest BCUT2D eigenvalue weighted by Gasteiger charge is 2.27. The number of rotatable bonds is 4. The Labute approximate surface area is 140 Å². The molecule has 1 amide bonds. The maximum Gasteiger partial charge on any atom is 0.250 e. The van der Waals surface area contributed by atoms with Crippen molar-refractivity contribution in [3.8, 4) is 17.2 Å². The molecule has 0 spiro atoms. The van der Waals surface area contributed by atoms with Crippen molar-refractivity contribution in [3.05, 3.63) is 22.8 Å². The van der Waals surface area contributed by atoms with E-state index in [1.807, 2.05) is 17.0 Å². The van der Waals surface area contributed by atoms with Crippen LogP contribution in [-0.4, -0.2) is 50.3 Å². The molecule has 23 heavy (non-hydrogen) atoms. The molecule has 0 saturated carbocycles. The third-order valence-electron chi connectivity index (χ3n) is 4.26. The molecule has 6 heteroatoms. The summed E-state index contributed by atoms with van der Waals surface area (Å²) >= 11 is 1.80. The second kappa shape index (κ2) is 6.74. The second-order valence-corrected chi connectivity index (χ2v) is 6.56. The normalized spacial score (nSPS) is 16.7. The molecule has 3 rings (SSSR count). The molecule has 0 radical (unpaired) electrons. The van der Waals surface area contributed by atoms with Crippen LogP contribution < -0.4 is 14.2 Å². The van der Waals surface area contributed by atoms with E-state index in [2.05, 4.69) is 0 Å². The molecule has 0 atom stereocenters. The number of ether oxygens (including phenoxy) is 3. The minimum absolute atomic E-state index is 0.148. The maximum absolute atomic E-state index is 12.6. The van der Waals surface area contributed by atoms with Crippen LogP contribution in [0, 0.1) is 0 Å². The van der Waals surface area contributed by atoms with Crippen LogP contribution in [0.3, 0.4) is 0 Å². The van der Waals surface area contributed by atoms with Gasteiger partial charge in [0.05, 0.1) is 27.2 Å². The van der Waals surface area contributed by atoms with E-state index in [1.165, 1.54) is 0 Å². The first-order valence-corrected chi connectivity index (χ1v) is 8.74. The fraction of sp³-hybridized carbons (Fsp3) is 0.471. The van der Waals surface area contributed by atoms with Gasteiger partial charge in [-0.3, -0.25) is 4.79 Å². The first-order chi connectivity index (χ1) is 11.2. The second-order valence-electron chi connectivity index (χ2n) is 5.49. The van der Waals surface area contributed by atoms with Crippen molar-refractivity contribution >= 4 is 23.7 Å². The minimum Gasteiger partial charge on any atom is -0.493 e. The molecule has 1 aromatic carbocycles. The Morgan fingerprint density at radius 2 is 1.91 bits per heavy atom. The lowest BCUT2D eigenvalue weighted by molar-refractivity contribution is -0.125. The van der Waals surface area contributed by atoms with Gasteiger partial charge in [-0.25, -0.2) is 0 Å². The Kier molecular flexibility index (Phi) is 4.71. The number of carbonyl (C=O) groups excluding carboxylic acids is 1. The summed E-state index contributed by atoms with van der Waals surface area (Å²) in [5, 5.41) is 0. The Morgan fingerprint density at radius 3 is 2.52 bits per heavy atom. The summed E-state index contributed by atoms with van der Waals surface area (Å²) in [6, 6.07) is 1.92. The smallest absolute Gasteiger partial charge is 0.250 e. The number of hydrogen-bond donors (Lipinski definition) is 0. The summed E-state index contributed by atoms with van der Waals surface area (Å²) in [6.07, 6.45) is 3.45. The zero-order valence-corrected chi connectivity index (χ0v) is 14.5. The Bertz CT molecular complexity index is 650. The largest absolute Gasteiger partial charge is 0.493 e. The van der Waals surface area contributed by atoms with Crippen molar-refractivity contribution < 1.29 is 19.0 Å². The van der Waals surface area contributed by atoms with E-state index in [0.29, 0.717) is 17.2 Å². The van der Waals surface area contributed by atoms with Gasteiger partial charge in [-0.05, 0) is 30.5 Å². The highest BCUT2D eigenvalue weighted by molar-refractivity contribution is 7.99. The van der Waals surface area contributed by atoms with E-state index in [9.17, 15) is 4.79 Å². The third kappa shape index (κ3) is 2.87. The fourth-order valence-electron chi connectivity index (χ4n) is 3.09. The molecule has 0 aromatic heterocycles. The number of amides is 1. The predicted molar refractivity (Wildman–Crippen MR) is 91.4 cm³/mol.